The largest absolute Gasteiger partial charge is 0.508 e. The fraction of sp³-hybridized carbons (Fsp3) is 0.429. The Morgan fingerprint density at radius 3 is 2.43 bits per heavy atom. The summed E-state index contributed by atoms with van der Waals surface area (Å²) in [6.45, 7) is 7.13. The van der Waals surface area contributed by atoms with Crippen LogP contribution in [0.5, 0.6) is 11.5 Å². The van der Waals surface area contributed by atoms with E-state index in [9.17, 15) is 24.3 Å². The van der Waals surface area contributed by atoms with Crippen molar-refractivity contribution in [2.75, 3.05) is 7.11 Å². The summed E-state index contributed by atoms with van der Waals surface area (Å²) in [5, 5.41) is 10.9. The van der Waals surface area contributed by atoms with Gasteiger partial charge < -0.3 is 9.84 Å². The Hall–Kier alpha value is -3.48. The highest BCUT2D eigenvalue weighted by Crippen LogP contribution is 2.56. The topological polar surface area (TPSA) is 101 Å². The zero-order valence-electron chi connectivity index (χ0n) is 20.5. The van der Waals surface area contributed by atoms with Gasteiger partial charge in [-0.15, -0.1) is 0 Å². The molecule has 1 aliphatic heterocycles. The maximum Gasteiger partial charge on any atom is 0.234 e. The van der Waals surface area contributed by atoms with Crippen LogP contribution in [0.1, 0.15) is 52.0 Å². The minimum absolute atomic E-state index is 0.0250. The number of rotatable bonds is 2. The molecule has 0 saturated carbocycles. The summed E-state index contributed by atoms with van der Waals surface area (Å²) in [7, 11) is 1.51. The summed E-state index contributed by atoms with van der Waals surface area (Å²) in [5.74, 6) is -2.67. The summed E-state index contributed by atoms with van der Waals surface area (Å²) in [4.78, 5) is 54.9. The first-order valence-corrected chi connectivity index (χ1v) is 11.9. The number of likely N-dealkylation sites (tertiary alicyclic amines) is 1. The number of amides is 2. The minimum atomic E-state index is -0.702. The number of hydrogen-bond acceptors (Lipinski definition) is 6. The number of carbonyl (C=O) groups is 4. The first kappa shape index (κ1) is 23.3. The van der Waals surface area contributed by atoms with Gasteiger partial charge in [-0.3, -0.25) is 24.1 Å². The molecule has 3 aliphatic carbocycles. The Balaban J connectivity index is 1.71. The Kier molecular flexibility index (Phi) is 5.16. The lowest BCUT2D eigenvalue weighted by molar-refractivity contribution is -0.145. The summed E-state index contributed by atoms with van der Waals surface area (Å²) in [5.41, 5.74) is 1.66. The SMILES string of the molecule is COc1ccc(O)c([C@H]2C3=CC[C@@H]4C(=O)N(C(C)(C)C)C(=O)[C@@H]4[C@@H]3CC3=C2C(=O)C=C(C)C3=O)c1. The molecule has 4 aliphatic rings. The second-order valence-electron chi connectivity index (χ2n) is 10.8. The van der Waals surface area contributed by atoms with Crippen molar-refractivity contribution in [3.63, 3.8) is 0 Å². The number of allylic oxidation sites excluding steroid dienone is 6. The molecular weight excluding hydrogens is 446 g/mol. The van der Waals surface area contributed by atoms with Gasteiger partial charge in [-0.05, 0) is 70.7 Å². The highest BCUT2D eigenvalue weighted by atomic mass is 16.5. The molecule has 1 aromatic rings. The number of carbonyl (C=O) groups excluding carboxylic acids is 4. The second kappa shape index (κ2) is 7.77. The molecule has 0 unspecified atom stereocenters. The highest BCUT2D eigenvalue weighted by molar-refractivity contribution is 6.23. The van der Waals surface area contributed by atoms with Crippen molar-refractivity contribution < 1.29 is 29.0 Å². The summed E-state index contributed by atoms with van der Waals surface area (Å²) < 4.78 is 5.37. The van der Waals surface area contributed by atoms with Crippen LogP contribution in [0, 0.1) is 17.8 Å². The fourth-order valence-corrected chi connectivity index (χ4v) is 6.29. The van der Waals surface area contributed by atoms with Gasteiger partial charge in [-0.2, -0.15) is 0 Å². The molecule has 1 fully saturated rings. The lowest BCUT2D eigenvalue weighted by atomic mass is 9.59. The maximum atomic E-state index is 13.7. The van der Waals surface area contributed by atoms with Crippen LogP contribution >= 0.6 is 0 Å². The first-order chi connectivity index (χ1) is 16.5. The smallest absolute Gasteiger partial charge is 0.234 e. The number of fused-ring (bicyclic) bond motifs is 3. The number of imide groups is 1. The molecule has 7 heteroatoms. The van der Waals surface area contributed by atoms with Crippen LogP contribution in [-0.4, -0.2) is 46.0 Å². The molecule has 2 amide bonds. The fourth-order valence-electron chi connectivity index (χ4n) is 6.29. The normalized spacial score (nSPS) is 28.4. The van der Waals surface area contributed by atoms with E-state index in [2.05, 4.69) is 0 Å². The monoisotopic (exact) mass is 475 g/mol. The third-order valence-corrected chi connectivity index (χ3v) is 7.78. The molecule has 182 valence electrons. The van der Waals surface area contributed by atoms with E-state index in [0.717, 1.165) is 5.57 Å². The van der Waals surface area contributed by atoms with E-state index >= 15 is 0 Å². The van der Waals surface area contributed by atoms with Crippen LogP contribution in [0.4, 0.5) is 0 Å². The van der Waals surface area contributed by atoms with E-state index in [1.54, 1.807) is 19.1 Å². The van der Waals surface area contributed by atoms with Crippen LogP contribution in [0.15, 0.2) is 52.6 Å². The van der Waals surface area contributed by atoms with Crippen LogP contribution in [0.25, 0.3) is 0 Å². The molecule has 0 bridgehead atoms. The number of hydrogen-bond donors (Lipinski definition) is 1. The number of methoxy groups -OCH3 is 1. The van der Waals surface area contributed by atoms with Crippen molar-refractivity contribution >= 4 is 23.4 Å². The van der Waals surface area contributed by atoms with Crippen molar-refractivity contribution in [1.82, 2.24) is 4.90 Å². The van der Waals surface area contributed by atoms with Crippen molar-refractivity contribution in [3.05, 3.63) is 58.2 Å². The van der Waals surface area contributed by atoms with Crippen LogP contribution < -0.4 is 4.74 Å². The highest BCUT2D eigenvalue weighted by Gasteiger charge is 2.58. The molecule has 4 atom stereocenters. The number of ether oxygens (including phenoxy) is 1. The van der Waals surface area contributed by atoms with E-state index in [1.165, 1.54) is 24.2 Å². The molecule has 1 saturated heterocycles. The van der Waals surface area contributed by atoms with Crippen molar-refractivity contribution in [2.24, 2.45) is 17.8 Å². The number of phenols is 1. The predicted octanol–water partition coefficient (Wildman–Crippen LogP) is 3.63. The van der Waals surface area contributed by atoms with Gasteiger partial charge in [-0.25, -0.2) is 0 Å². The Bertz CT molecular complexity index is 1290. The Labute approximate surface area is 204 Å². The van der Waals surface area contributed by atoms with Crippen LogP contribution in [0.3, 0.4) is 0 Å². The van der Waals surface area contributed by atoms with Gasteiger partial charge in [0.15, 0.2) is 11.6 Å². The van der Waals surface area contributed by atoms with Gasteiger partial charge in [0.2, 0.25) is 11.8 Å². The van der Waals surface area contributed by atoms with Gasteiger partial charge >= 0.3 is 0 Å². The molecular formula is C28H29NO6. The summed E-state index contributed by atoms with van der Waals surface area (Å²) in [6.07, 6.45) is 3.88. The number of ketones is 2. The van der Waals surface area contributed by atoms with Gasteiger partial charge in [0.1, 0.15) is 11.5 Å². The molecule has 1 aromatic carbocycles. The minimum Gasteiger partial charge on any atom is -0.508 e. The molecule has 7 nitrogen and oxygen atoms in total. The van der Waals surface area contributed by atoms with Crippen molar-refractivity contribution in [3.8, 4) is 11.5 Å². The van der Waals surface area contributed by atoms with Gasteiger partial charge in [-0.1, -0.05) is 11.6 Å². The third-order valence-electron chi connectivity index (χ3n) is 7.78. The zero-order valence-corrected chi connectivity index (χ0v) is 20.5. The van der Waals surface area contributed by atoms with Gasteiger partial charge in [0, 0.05) is 33.7 Å². The summed E-state index contributed by atoms with van der Waals surface area (Å²) in [6, 6.07) is 4.80. The maximum absolute atomic E-state index is 13.7. The summed E-state index contributed by atoms with van der Waals surface area (Å²) >= 11 is 0. The second-order valence-corrected chi connectivity index (χ2v) is 10.8. The molecule has 0 spiro atoms. The molecule has 1 N–H and O–H groups in total. The molecule has 0 aromatic heterocycles. The third kappa shape index (κ3) is 3.32. The van der Waals surface area contributed by atoms with Crippen molar-refractivity contribution in [1.29, 1.82) is 0 Å². The number of Topliss-reactive ketones (excluding diaryl/α,β-unsaturated/α-hetero) is 1. The first-order valence-electron chi connectivity index (χ1n) is 11.9. The predicted molar refractivity (Wildman–Crippen MR) is 128 cm³/mol. The zero-order chi connectivity index (χ0) is 25.4. The average molecular weight is 476 g/mol. The van der Waals surface area contributed by atoms with Gasteiger partial charge in [0.05, 0.1) is 18.9 Å². The number of phenolic OH excluding ortho intramolecular Hbond substituents is 1. The van der Waals surface area contributed by atoms with E-state index in [4.69, 9.17) is 4.74 Å². The molecule has 0 radical (unpaired) electrons. The lowest BCUT2D eigenvalue weighted by Crippen LogP contribution is -2.46. The van der Waals surface area contributed by atoms with E-state index in [0.29, 0.717) is 34.5 Å². The van der Waals surface area contributed by atoms with Crippen LogP contribution in [-0.2, 0) is 19.2 Å². The number of aromatic hydroxyl groups is 1. The molecule has 5 rings (SSSR count). The number of benzene rings is 1. The van der Waals surface area contributed by atoms with Crippen molar-refractivity contribution in [2.45, 2.75) is 52.0 Å². The van der Waals surface area contributed by atoms with Gasteiger partial charge in [0.25, 0.3) is 0 Å². The van der Waals surface area contributed by atoms with E-state index in [1.807, 2.05) is 26.8 Å². The molecule has 35 heavy (non-hydrogen) atoms. The van der Waals surface area contributed by atoms with Crippen LogP contribution in [0.2, 0.25) is 0 Å². The Morgan fingerprint density at radius 2 is 1.77 bits per heavy atom. The molecule has 1 heterocycles. The lowest BCUT2D eigenvalue weighted by Gasteiger charge is -2.42. The van der Waals surface area contributed by atoms with E-state index in [-0.39, 0.29) is 35.6 Å². The average Bonchev–Trinajstić information content (AvgIpc) is 3.07. The standard InChI is InChI=1S/C28H29NO6/c1-13-10-21(31)24-19(25(13)32)12-17-15(22(24)18-11-14(35-5)6-9-20(18)30)7-8-16-23(17)27(34)29(26(16)33)28(2,3)4/h6-7,9-11,16-17,22-23,30H,8,12H2,1-5H3/t16-,17+,22+,23-/m0/s1. The van der Waals surface area contributed by atoms with E-state index < -0.39 is 29.2 Å². The Morgan fingerprint density at radius 1 is 1.06 bits per heavy atom. The number of nitrogens with zero attached hydrogens (tertiary/aromatic N) is 1. The quantitative estimate of drug-likeness (QED) is 0.398.